The maximum absolute atomic E-state index is 13.2. The van der Waals surface area contributed by atoms with Gasteiger partial charge in [0.2, 0.25) is 11.9 Å². The lowest BCUT2D eigenvalue weighted by Crippen LogP contribution is -2.51. The number of benzene rings is 1. The maximum Gasteiger partial charge on any atom is 0.229 e. The van der Waals surface area contributed by atoms with E-state index >= 15 is 0 Å². The second-order valence-corrected chi connectivity index (χ2v) is 7.74. The van der Waals surface area contributed by atoms with Gasteiger partial charge in [-0.25, -0.2) is 15.4 Å². The van der Waals surface area contributed by atoms with Gasteiger partial charge < -0.3 is 14.5 Å². The van der Waals surface area contributed by atoms with Gasteiger partial charge in [-0.1, -0.05) is 25.5 Å². The number of nitrogens with one attached hydrogen (secondary N) is 2. The van der Waals surface area contributed by atoms with E-state index in [4.69, 9.17) is 4.74 Å². The predicted molar refractivity (Wildman–Crippen MR) is 115 cm³/mol. The summed E-state index contributed by atoms with van der Waals surface area (Å²) in [6, 6.07) is 9.86. The highest BCUT2D eigenvalue weighted by molar-refractivity contribution is 5.80. The first-order chi connectivity index (χ1) is 14.8. The summed E-state index contributed by atoms with van der Waals surface area (Å²) in [5.41, 5.74) is 7.55. The van der Waals surface area contributed by atoms with Crippen molar-refractivity contribution in [2.24, 2.45) is 5.92 Å². The number of unbranched alkanes of at least 4 members (excludes halogenated alkanes) is 1. The Morgan fingerprint density at radius 2 is 1.87 bits per heavy atom. The lowest BCUT2D eigenvalue weighted by atomic mass is 9.93. The van der Waals surface area contributed by atoms with E-state index in [-0.39, 0.29) is 17.9 Å². The van der Waals surface area contributed by atoms with E-state index in [1.165, 1.54) is 0 Å². The number of aromatic nitrogens is 2. The van der Waals surface area contributed by atoms with Gasteiger partial charge in [0.1, 0.15) is 5.75 Å². The average Bonchev–Trinajstić information content (AvgIpc) is 3.30. The van der Waals surface area contributed by atoms with Crippen molar-refractivity contribution in [2.75, 3.05) is 44.2 Å². The molecule has 2 aliphatic rings. The number of amides is 1. The molecule has 0 bridgehead atoms. The molecule has 8 heteroatoms. The molecule has 1 amide bonds. The van der Waals surface area contributed by atoms with Gasteiger partial charge in [-0.05, 0) is 30.2 Å². The average molecular weight is 411 g/mol. The first-order valence-corrected chi connectivity index (χ1v) is 10.8. The Balaban J connectivity index is 1.35. The molecule has 0 aliphatic carbocycles. The molecule has 2 fully saturated rings. The highest BCUT2D eigenvalue weighted by Gasteiger charge is 2.37. The van der Waals surface area contributed by atoms with E-state index in [1.54, 1.807) is 12.4 Å². The maximum atomic E-state index is 13.2. The van der Waals surface area contributed by atoms with Crippen LogP contribution in [0.2, 0.25) is 0 Å². The minimum atomic E-state index is -0.128. The van der Waals surface area contributed by atoms with E-state index in [0.717, 1.165) is 49.8 Å². The van der Waals surface area contributed by atoms with Gasteiger partial charge in [0.05, 0.1) is 18.6 Å². The van der Waals surface area contributed by atoms with Crippen molar-refractivity contribution >= 4 is 11.9 Å². The second kappa shape index (κ2) is 9.86. The normalized spacial score (nSPS) is 21.6. The minimum Gasteiger partial charge on any atom is -0.494 e. The van der Waals surface area contributed by atoms with E-state index < -0.39 is 0 Å². The van der Waals surface area contributed by atoms with Crippen LogP contribution in [0.4, 0.5) is 5.95 Å². The lowest BCUT2D eigenvalue weighted by molar-refractivity contribution is -0.135. The van der Waals surface area contributed by atoms with Crippen molar-refractivity contribution < 1.29 is 9.53 Å². The molecule has 2 N–H and O–H groups in total. The predicted octanol–water partition coefficient (Wildman–Crippen LogP) is 1.77. The summed E-state index contributed by atoms with van der Waals surface area (Å²) in [5.74, 6) is 1.67. The van der Waals surface area contributed by atoms with Crippen molar-refractivity contribution in [3.05, 3.63) is 48.3 Å². The van der Waals surface area contributed by atoms with Crippen molar-refractivity contribution in [2.45, 2.75) is 25.8 Å². The third-order valence-electron chi connectivity index (χ3n) is 5.73. The number of nitrogens with zero attached hydrogens (tertiary/aromatic N) is 4. The molecule has 2 atom stereocenters. The molecular weight excluding hydrogens is 380 g/mol. The zero-order valence-electron chi connectivity index (χ0n) is 17.5. The summed E-state index contributed by atoms with van der Waals surface area (Å²) in [4.78, 5) is 26.0. The topological polar surface area (TPSA) is 82.6 Å². The molecule has 0 saturated carbocycles. The summed E-state index contributed by atoms with van der Waals surface area (Å²) < 4.78 is 5.75. The number of rotatable bonds is 7. The quantitative estimate of drug-likeness (QED) is 0.673. The van der Waals surface area contributed by atoms with Gasteiger partial charge in [-0.15, -0.1) is 0 Å². The van der Waals surface area contributed by atoms with Crippen LogP contribution >= 0.6 is 0 Å². The van der Waals surface area contributed by atoms with Crippen LogP contribution < -0.4 is 20.5 Å². The van der Waals surface area contributed by atoms with Crippen molar-refractivity contribution in [1.82, 2.24) is 25.7 Å². The number of carbonyl (C=O) groups is 1. The molecule has 160 valence electrons. The van der Waals surface area contributed by atoms with Crippen molar-refractivity contribution in [3.63, 3.8) is 0 Å². The van der Waals surface area contributed by atoms with Gasteiger partial charge in [-0.2, -0.15) is 0 Å². The molecule has 30 heavy (non-hydrogen) atoms. The number of hydrogen-bond donors (Lipinski definition) is 2. The molecule has 1 aromatic heterocycles. The molecule has 2 saturated heterocycles. The van der Waals surface area contributed by atoms with Crippen molar-refractivity contribution in [3.8, 4) is 5.75 Å². The van der Waals surface area contributed by atoms with Crippen molar-refractivity contribution in [1.29, 1.82) is 0 Å². The highest BCUT2D eigenvalue weighted by atomic mass is 16.5. The second-order valence-electron chi connectivity index (χ2n) is 7.74. The summed E-state index contributed by atoms with van der Waals surface area (Å²) in [6.07, 6.45) is 5.67. The number of carbonyl (C=O) groups excluding carboxylic acids is 1. The zero-order valence-corrected chi connectivity index (χ0v) is 17.5. The van der Waals surface area contributed by atoms with Gasteiger partial charge in [0.25, 0.3) is 0 Å². The minimum absolute atomic E-state index is 0.0438. The molecule has 4 rings (SSSR count). The smallest absolute Gasteiger partial charge is 0.229 e. The SMILES string of the molecule is CCCCOc1ccc(C2NNCC2C(=O)N2CCN(c3ncccn3)CC2)cc1. The van der Waals surface area contributed by atoms with E-state index in [1.807, 2.05) is 23.1 Å². The molecule has 2 unspecified atom stereocenters. The number of piperazine rings is 1. The Labute approximate surface area is 177 Å². The number of anilines is 1. The monoisotopic (exact) mass is 410 g/mol. The molecule has 8 nitrogen and oxygen atoms in total. The largest absolute Gasteiger partial charge is 0.494 e. The van der Waals surface area contributed by atoms with Crippen LogP contribution in [0.3, 0.4) is 0 Å². The molecule has 3 heterocycles. The Bertz CT molecular complexity index is 808. The summed E-state index contributed by atoms with van der Waals surface area (Å²) in [7, 11) is 0. The summed E-state index contributed by atoms with van der Waals surface area (Å²) >= 11 is 0. The first kappa shape index (κ1) is 20.6. The van der Waals surface area contributed by atoms with E-state index in [9.17, 15) is 4.79 Å². The van der Waals surface area contributed by atoms with Crippen LogP contribution in [-0.4, -0.2) is 60.1 Å². The summed E-state index contributed by atoms with van der Waals surface area (Å²) in [5, 5.41) is 0. The standard InChI is InChI=1S/C22H30N6O2/c1-2-3-15-30-18-7-5-17(6-8-18)20-19(16-25-26-20)21(29)27-11-13-28(14-12-27)22-23-9-4-10-24-22/h4-10,19-20,25-26H,2-3,11-16H2,1H3. The van der Waals surface area contributed by atoms with Gasteiger partial charge in [0.15, 0.2) is 0 Å². The van der Waals surface area contributed by atoms with Crippen LogP contribution in [0.1, 0.15) is 31.4 Å². The highest BCUT2D eigenvalue weighted by Crippen LogP contribution is 2.28. The molecule has 2 aliphatic heterocycles. The summed E-state index contributed by atoms with van der Waals surface area (Å²) in [6.45, 7) is 6.38. The van der Waals surface area contributed by atoms with Crippen LogP contribution in [0, 0.1) is 5.92 Å². The van der Waals surface area contributed by atoms with Crippen LogP contribution in [-0.2, 0) is 4.79 Å². The number of ether oxygens (including phenoxy) is 1. The van der Waals surface area contributed by atoms with Gasteiger partial charge >= 0.3 is 0 Å². The van der Waals surface area contributed by atoms with Gasteiger partial charge in [0, 0.05) is 45.1 Å². The van der Waals surface area contributed by atoms with Crippen LogP contribution in [0.5, 0.6) is 5.75 Å². The van der Waals surface area contributed by atoms with Crippen LogP contribution in [0.25, 0.3) is 0 Å². The molecule has 1 aromatic carbocycles. The van der Waals surface area contributed by atoms with E-state index in [0.29, 0.717) is 19.6 Å². The molecular formula is C22H30N6O2. The Morgan fingerprint density at radius 1 is 1.13 bits per heavy atom. The third kappa shape index (κ3) is 4.71. The Morgan fingerprint density at radius 3 is 2.57 bits per heavy atom. The molecule has 0 spiro atoms. The van der Waals surface area contributed by atoms with E-state index in [2.05, 4.69) is 44.8 Å². The molecule has 2 aromatic rings. The fraction of sp³-hybridized carbons (Fsp3) is 0.500. The zero-order chi connectivity index (χ0) is 20.8. The van der Waals surface area contributed by atoms with Gasteiger partial charge in [-0.3, -0.25) is 10.2 Å². The fourth-order valence-electron chi connectivity index (χ4n) is 3.96. The molecule has 0 radical (unpaired) electrons. The van der Waals surface area contributed by atoms with Crippen LogP contribution in [0.15, 0.2) is 42.7 Å². The third-order valence-corrected chi connectivity index (χ3v) is 5.73. The number of hydrogen-bond acceptors (Lipinski definition) is 7. The number of hydrazine groups is 1. The Hall–Kier alpha value is -2.71. The first-order valence-electron chi connectivity index (χ1n) is 10.8. The lowest BCUT2D eigenvalue weighted by Gasteiger charge is -2.36. The Kier molecular flexibility index (Phi) is 6.76. The fourth-order valence-corrected chi connectivity index (χ4v) is 3.96.